The lowest BCUT2D eigenvalue weighted by Gasteiger charge is -2.23. The van der Waals surface area contributed by atoms with Gasteiger partial charge in [-0.15, -0.1) is 24.0 Å². The number of imidazole rings is 1. The van der Waals surface area contributed by atoms with Crippen LogP contribution < -0.4 is 10.1 Å². The molecule has 0 unspecified atom stereocenters. The molecule has 0 atom stereocenters. The monoisotopic (exact) mass is 505 g/mol. The van der Waals surface area contributed by atoms with Crippen molar-refractivity contribution in [2.24, 2.45) is 4.99 Å². The van der Waals surface area contributed by atoms with Crippen molar-refractivity contribution in [2.75, 3.05) is 21.2 Å². The lowest BCUT2D eigenvalue weighted by Crippen LogP contribution is -2.38. The number of hydrogen-bond acceptors (Lipinski definition) is 3. The first-order valence-electron chi connectivity index (χ1n) is 9.29. The molecule has 0 aliphatic rings. The van der Waals surface area contributed by atoms with Crippen LogP contribution in [0.1, 0.15) is 17.0 Å². The number of hydrogen-bond donors (Lipinski definition) is 1. The largest absolute Gasteiger partial charge is 0.496 e. The van der Waals surface area contributed by atoms with Gasteiger partial charge in [0, 0.05) is 45.1 Å². The zero-order chi connectivity index (χ0) is 19.8. The predicted molar refractivity (Wildman–Crippen MR) is 128 cm³/mol. The van der Waals surface area contributed by atoms with Crippen molar-refractivity contribution >= 4 is 29.9 Å². The standard InChI is InChI=1S/C22H27N5O.HI/c1-23-22(26(2)17-19-11-7-8-12-20(19)28-3)25-15-21-24-13-14-27(21)16-18-9-5-4-6-10-18;/h4-14H,15-17H2,1-3H3,(H,23,25);1H. The van der Waals surface area contributed by atoms with Gasteiger partial charge in [0.2, 0.25) is 0 Å². The van der Waals surface area contributed by atoms with E-state index in [-0.39, 0.29) is 24.0 Å². The van der Waals surface area contributed by atoms with Crippen molar-refractivity contribution in [3.8, 4) is 5.75 Å². The Morgan fingerprint density at radius 1 is 1.14 bits per heavy atom. The summed E-state index contributed by atoms with van der Waals surface area (Å²) in [5, 5.41) is 3.41. The molecule has 0 bridgehead atoms. The van der Waals surface area contributed by atoms with E-state index in [1.165, 1.54) is 5.56 Å². The second-order valence-corrected chi connectivity index (χ2v) is 6.53. The molecule has 7 heteroatoms. The number of ether oxygens (including phenoxy) is 1. The predicted octanol–water partition coefficient (Wildman–Crippen LogP) is 3.77. The van der Waals surface area contributed by atoms with Crippen molar-refractivity contribution in [3.63, 3.8) is 0 Å². The van der Waals surface area contributed by atoms with Gasteiger partial charge in [-0.1, -0.05) is 48.5 Å². The summed E-state index contributed by atoms with van der Waals surface area (Å²) < 4.78 is 7.60. The fourth-order valence-electron chi connectivity index (χ4n) is 3.14. The molecular weight excluding hydrogens is 477 g/mol. The zero-order valence-corrected chi connectivity index (χ0v) is 19.4. The maximum absolute atomic E-state index is 5.45. The number of rotatable bonds is 7. The first-order chi connectivity index (χ1) is 13.7. The molecule has 0 amide bonds. The minimum absolute atomic E-state index is 0. The Labute approximate surface area is 189 Å². The highest BCUT2D eigenvalue weighted by Crippen LogP contribution is 2.18. The summed E-state index contributed by atoms with van der Waals surface area (Å²) in [4.78, 5) is 11.0. The summed E-state index contributed by atoms with van der Waals surface area (Å²) >= 11 is 0. The zero-order valence-electron chi connectivity index (χ0n) is 17.1. The van der Waals surface area contributed by atoms with Crippen molar-refractivity contribution in [1.82, 2.24) is 19.8 Å². The van der Waals surface area contributed by atoms with E-state index < -0.39 is 0 Å². The fourth-order valence-corrected chi connectivity index (χ4v) is 3.14. The molecule has 0 aliphatic heterocycles. The quantitative estimate of drug-likeness (QED) is 0.302. The summed E-state index contributed by atoms with van der Waals surface area (Å²) in [5.74, 6) is 2.65. The van der Waals surface area contributed by atoms with E-state index in [1.54, 1.807) is 14.2 Å². The highest BCUT2D eigenvalue weighted by Gasteiger charge is 2.11. The fraction of sp³-hybridized carbons (Fsp3) is 0.273. The van der Waals surface area contributed by atoms with Gasteiger partial charge in [0.1, 0.15) is 11.6 Å². The van der Waals surface area contributed by atoms with Crippen LogP contribution in [0.5, 0.6) is 5.75 Å². The van der Waals surface area contributed by atoms with E-state index in [0.29, 0.717) is 13.1 Å². The third kappa shape index (κ3) is 6.22. The van der Waals surface area contributed by atoms with Crippen LogP contribution in [-0.2, 0) is 19.6 Å². The Balaban J connectivity index is 0.00000300. The van der Waals surface area contributed by atoms with E-state index in [4.69, 9.17) is 4.74 Å². The third-order valence-electron chi connectivity index (χ3n) is 4.58. The van der Waals surface area contributed by atoms with Gasteiger partial charge in [0.25, 0.3) is 0 Å². The summed E-state index contributed by atoms with van der Waals surface area (Å²) in [7, 11) is 5.49. The highest BCUT2D eigenvalue weighted by atomic mass is 127. The van der Waals surface area contributed by atoms with E-state index >= 15 is 0 Å². The Morgan fingerprint density at radius 3 is 2.59 bits per heavy atom. The van der Waals surface area contributed by atoms with Crippen LogP contribution in [0.25, 0.3) is 0 Å². The summed E-state index contributed by atoms with van der Waals surface area (Å²) in [5.41, 5.74) is 2.36. The van der Waals surface area contributed by atoms with Gasteiger partial charge in [-0.25, -0.2) is 4.98 Å². The van der Waals surface area contributed by atoms with Gasteiger partial charge in [0.05, 0.1) is 13.7 Å². The lowest BCUT2D eigenvalue weighted by molar-refractivity contribution is 0.396. The molecule has 154 valence electrons. The number of benzene rings is 2. The van der Waals surface area contributed by atoms with Crippen LogP contribution in [0.2, 0.25) is 0 Å². The molecule has 1 heterocycles. The molecule has 0 fully saturated rings. The lowest BCUT2D eigenvalue weighted by atomic mass is 10.2. The Kier molecular flexibility index (Phi) is 8.98. The average molecular weight is 505 g/mol. The normalized spacial score (nSPS) is 10.9. The van der Waals surface area contributed by atoms with Gasteiger partial charge in [0.15, 0.2) is 5.96 Å². The van der Waals surface area contributed by atoms with Crippen molar-refractivity contribution < 1.29 is 4.74 Å². The molecule has 6 nitrogen and oxygen atoms in total. The number of methoxy groups -OCH3 is 1. The minimum atomic E-state index is 0. The molecule has 3 aromatic rings. The maximum atomic E-state index is 5.45. The summed E-state index contributed by atoms with van der Waals surface area (Å²) in [6.45, 7) is 2.10. The number of nitrogens with one attached hydrogen (secondary N) is 1. The summed E-state index contributed by atoms with van der Waals surface area (Å²) in [6, 6.07) is 18.4. The molecule has 2 aromatic carbocycles. The van der Waals surface area contributed by atoms with E-state index in [2.05, 4.69) is 55.1 Å². The number of aromatic nitrogens is 2. The van der Waals surface area contributed by atoms with Crippen LogP contribution >= 0.6 is 24.0 Å². The molecule has 29 heavy (non-hydrogen) atoms. The van der Waals surface area contributed by atoms with Crippen LogP contribution in [0.4, 0.5) is 0 Å². The molecular formula is C22H28IN5O. The molecule has 1 N–H and O–H groups in total. The van der Waals surface area contributed by atoms with Crippen LogP contribution in [0.15, 0.2) is 72.0 Å². The van der Waals surface area contributed by atoms with Gasteiger partial charge in [-0.2, -0.15) is 0 Å². The Hall–Kier alpha value is -2.55. The number of aliphatic imine (C=N–C) groups is 1. The van der Waals surface area contributed by atoms with Gasteiger partial charge < -0.3 is 19.5 Å². The van der Waals surface area contributed by atoms with Gasteiger partial charge >= 0.3 is 0 Å². The molecule has 0 radical (unpaired) electrons. The average Bonchev–Trinajstić information content (AvgIpc) is 3.16. The SMILES string of the molecule is CN=C(NCc1nccn1Cc1ccccc1)N(C)Cc1ccccc1OC.I. The van der Waals surface area contributed by atoms with Crippen molar-refractivity contribution in [3.05, 3.63) is 83.9 Å². The smallest absolute Gasteiger partial charge is 0.194 e. The summed E-state index contributed by atoms with van der Waals surface area (Å²) in [6.07, 6.45) is 3.84. The van der Waals surface area contributed by atoms with Crippen LogP contribution in [0, 0.1) is 0 Å². The Morgan fingerprint density at radius 2 is 1.86 bits per heavy atom. The van der Waals surface area contributed by atoms with Gasteiger partial charge in [-0.05, 0) is 11.6 Å². The number of nitrogens with zero attached hydrogens (tertiary/aromatic N) is 4. The third-order valence-corrected chi connectivity index (χ3v) is 4.58. The minimum Gasteiger partial charge on any atom is -0.496 e. The van der Waals surface area contributed by atoms with Crippen molar-refractivity contribution in [1.29, 1.82) is 0 Å². The maximum Gasteiger partial charge on any atom is 0.194 e. The molecule has 0 saturated carbocycles. The van der Waals surface area contributed by atoms with Crippen LogP contribution in [-0.4, -0.2) is 41.6 Å². The number of guanidine groups is 1. The number of para-hydroxylation sites is 1. The second kappa shape index (κ2) is 11.5. The second-order valence-electron chi connectivity index (χ2n) is 6.53. The molecule has 1 aromatic heterocycles. The first-order valence-corrected chi connectivity index (χ1v) is 9.29. The molecule has 0 spiro atoms. The van der Waals surface area contributed by atoms with E-state index in [0.717, 1.165) is 29.6 Å². The first kappa shape index (κ1) is 22.7. The van der Waals surface area contributed by atoms with Crippen LogP contribution in [0.3, 0.4) is 0 Å². The molecule has 0 saturated heterocycles. The topological polar surface area (TPSA) is 54.7 Å². The molecule has 3 rings (SSSR count). The molecule has 0 aliphatic carbocycles. The highest BCUT2D eigenvalue weighted by molar-refractivity contribution is 14.0. The van der Waals surface area contributed by atoms with E-state index in [9.17, 15) is 0 Å². The number of halogens is 1. The van der Waals surface area contributed by atoms with Gasteiger partial charge in [-0.3, -0.25) is 4.99 Å². The van der Waals surface area contributed by atoms with E-state index in [1.807, 2.05) is 43.7 Å². The van der Waals surface area contributed by atoms with Crippen molar-refractivity contribution in [2.45, 2.75) is 19.6 Å². The Bertz CT molecular complexity index is 910.